The van der Waals surface area contributed by atoms with Crippen LogP contribution in [0.3, 0.4) is 0 Å². The lowest BCUT2D eigenvalue weighted by Gasteiger charge is -2.20. The number of nitrogens with two attached hydrogens (primary N) is 1. The van der Waals surface area contributed by atoms with Crippen LogP contribution in [0.5, 0.6) is 0 Å². The van der Waals surface area contributed by atoms with Gasteiger partial charge in [-0.15, -0.1) is 23.2 Å². The summed E-state index contributed by atoms with van der Waals surface area (Å²) in [5.41, 5.74) is 5.98. The van der Waals surface area contributed by atoms with E-state index in [1.54, 1.807) is 17.0 Å². The number of primary amides is 1. The van der Waals surface area contributed by atoms with Gasteiger partial charge in [-0.1, -0.05) is 0 Å². The lowest BCUT2D eigenvalue weighted by atomic mass is 10.1. The van der Waals surface area contributed by atoms with Crippen molar-refractivity contribution in [3.8, 4) is 0 Å². The van der Waals surface area contributed by atoms with Crippen LogP contribution in [0.25, 0.3) is 0 Å². The number of amides is 2. The molecule has 0 aliphatic heterocycles. The van der Waals surface area contributed by atoms with E-state index >= 15 is 0 Å². The van der Waals surface area contributed by atoms with Gasteiger partial charge < -0.3 is 10.6 Å². The molecule has 0 saturated heterocycles. The molecular weight excluding hydrogens is 275 g/mol. The molecule has 1 aromatic rings. The van der Waals surface area contributed by atoms with E-state index in [1.165, 1.54) is 12.1 Å². The van der Waals surface area contributed by atoms with Gasteiger partial charge in [-0.25, -0.2) is 0 Å². The standard InChI is InChI=1S/C12H14Cl2N2O2/c13-5-7-16(8-6-14)12(18)10-3-1-9(2-4-10)11(15)17/h1-4H,5-8H2,(H2,15,17). The van der Waals surface area contributed by atoms with Gasteiger partial charge in [0.2, 0.25) is 5.91 Å². The van der Waals surface area contributed by atoms with Crippen LogP contribution in [0.1, 0.15) is 20.7 Å². The summed E-state index contributed by atoms with van der Waals surface area (Å²) in [6.07, 6.45) is 0. The van der Waals surface area contributed by atoms with E-state index in [0.717, 1.165) is 0 Å². The molecule has 4 nitrogen and oxygen atoms in total. The lowest BCUT2D eigenvalue weighted by molar-refractivity contribution is 0.0774. The van der Waals surface area contributed by atoms with Gasteiger partial charge in [-0.05, 0) is 24.3 Å². The zero-order chi connectivity index (χ0) is 13.5. The molecule has 0 spiro atoms. The predicted molar refractivity (Wildman–Crippen MR) is 72.3 cm³/mol. The molecule has 0 saturated carbocycles. The summed E-state index contributed by atoms with van der Waals surface area (Å²) in [6, 6.07) is 6.18. The number of benzene rings is 1. The van der Waals surface area contributed by atoms with Gasteiger partial charge in [0.15, 0.2) is 0 Å². The SMILES string of the molecule is NC(=O)c1ccc(C(=O)N(CCCl)CCCl)cc1. The minimum atomic E-state index is -0.521. The van der Waals surface area contributed by atoms with Gasteiger partial charge in [0, 0.05) is 36.0 Å². The molecule has 2 N–H and O–H groups in total. The maximum atomic E-state index is 12.1. The lowest BCUT2D eigenvalue weighted by Crippen LogP contribution is -2.34. The number of halogens is 2. The molecule has 0 aromatic heterocycles. The molecule has 0 atom stereocenters. The number of rotatable bonds is 6. The molecule has 0 radical (unpaired) electrons. The molecule has 0 unspecified atom stereocenters. The number of carbonyl (C=O) groups excluding carboxylic acids is 2. The molecule has 0 fully saturated rings. The van der Waals surface area contributed by atoms with Gasteiger partial charge >= 0.3 is 0 Å². The van der Waals surface area contributed by atoms with E-state index < -0.39 is 5.91 Å². The number of carbonyl (C=O) groups is 2. The van der Waals surface area contributed by atoms with E-state index in [4.69, 9.17) is 28.9 Å². The molecular formula is C12H14Cl2N2O2. The molecule has 0 aliphatic carbocycles. The van der Waals surface area contributed by atoms with E-state index in [0.29, 0.717) is 36.0 Å². The highest BCUT2D eigenvalue weighted by atomic mass is 35.5. The van der Waals surface area contributed by atoms with Gasteiger partial charge in [-0.2, -0.15) is 0 Å². The normalized spacial score (nSPS) is 10.1. The summed E-state index contributed by atoms with van der Waals surface area (Å²) in [5.74, 6) is 0.0176. The summed E-state index contributed by atoms with van der Waals surface area (Å²) >= 11 is 11.3. The van der Waals surface area contributed by atoms with E-state index in [1.807, 2.05) is 0 Å². The molecule has 1 rings (SSSR count). The molecule has 0 bridgehead atoms. The quantitative estimate of drug-likeness (QED) is 0.810. The zero-order valence-corrected chi connectivity index (χ0v) is 11.2. The van der Waals surface area contributed by atoms with Gasteiger partial charge in [-0.3, -0.25) is 9.59 Å². The van der Waals surface area contributed by atoms with Crippen LogP contribution in [0.15, 0.2) is 24.3 Å². The van der Waals surface area contributed by atoms with Crippen LogP contribution in [0.4, 0.5) is 0 Å². The van der Waals surface area contributed by atoms with Crippen molar-refractivity contribution in [1.29, 1.82) is 0 Å². The molecule has 2 amide bonds. The highest BCUT2D eigenvalue weighted by Crippen LogP contribution is 2.08. The highest BCUT2D eigenvalue weighted by molar-refractivity contribution is 6.18. The third-order valence-electron chi connectivity index (χ3n) is 2.41. The second-order valence-electron chi connectivity index (χ2n) is 3.61. The average Bonchev–Trinajstić information content (AvgIpc) is 2.38. The van der Waals surface area contributed by atoms with Crippen molar-refractivity contribution in [3.05, 3.63) is 35.4 Å². The van der Waals surface area contributed by atoms with Crippen LogP contribution >= 0.6 is 23.2 Å². The van der Waals surface area contributed by atoms with Crippen molar-refractivity contribution in [2.24, 2.45) is 5.73 Å². The fourth-order valence-corrected chi connectivity index (χ4v) is 1.89. The third kappa shape index (κ3) is 3.89. The zero-order valence-electron chi connectivity index (χ0n) is 9.73. The molecule has 1 aromatic carbocycles. The first-order valence-electron chi connectivity index (χ1n) is 5.41. The Labute approximate surface area is 116 Å². The van der Waals surface area contributed by atoms with Crippen molar-refractivity contribution < 1.29 is 9.59 Å². The Morgan fingerprint density at radius 1 is 1.00 bits per heavy atom. The molecule has 0 aliphatic rings. The minimum absolute atomic E-state index is 0.160. The monoisotopic (exact) mass is 288 g/mol. The van der Waals surface area contributed by atoms with Crippen molar-refractivity contribution >= 4 is 35.0 Å². The maximum Gasteiger partial charge on any atom is 0.253 e. The summed E-state index contributed by atoms with van der Waals surface area (Å²) < 4.78 is 0. The Morgan fingerprint density at radius 2 is 1.44 bits per heavy atom. The fourth-order valence-electron chi connectivity index (χ4n) is 1.48. The number of nitrogens with zero attached hydrogens (tertiary/aromatic N) is 1. The smallest absolute Gasteiger partial charge is 0.253 e. The van der Waals surface area contributed by atoms with Gasteiger partial charge in [0.05, 0.1) is 0 Å². The van der Waals surface area contributed by atoms with Crippen LogP contribution in [-0.2, 0) is 0 Å². The second-order valence-corrected chi connectivity index (χ2v) is 4.37. The Hall–Kier alpha value is -1.26. The Morgan fingerprint density at radius 3 is 1.83 bits per heavy atom. The van der Waals surface area contributed by atoms with Crippen molar-refractivity contribution in [2.45, 2.75) is 0 Å². The minimum Gasteiger partial charge on any atom is -0.366 e. The Balaban J connectivity index is 2.84. The van der Waals surface area contributed by atoms with Crippen molar-refractivity contribution in [3.63, 3.8) is 0 Å². The molecule has 6 heteroatoms. The maximum absolute atomic E-state index is 12.1. The van der Waals surface area contributed by atoms with E-state index in [-0.39, 0.29) is 5.91 Å². The summed E-state index contributed by atoms with van der Waals surface area (Å²) in [4.78, 5) is 24.6. The summed E-state index contributed by atoms with van der Waals surface area (Å²) in [7, 11) is 0. The predicted octanol–water partition coefficient (Wildman–Crippen LogP) is 1.71. The van der Waals surface area contributed by atoms with Gasteiger partial charge in [0.1, 0.15) is 0 Å². The van der Waals surface area contributed by atoms with E-state index in [2.05, 4.69) is 0 Å². The molecule has 98 valence electrons. The average molecular weight is 289 g/mol. The highest BCUT2D eigenvalue weighted by Gasteiger charge is 2.14. The fraction of sp³-hybridized carbons (Fsp3) is 0.333. The largest absolute Gasteiger partial charge is 0.366 e. The summed E-state index contributed by atoms with van der Waals surface area (Å²) in [6.45, 7) is 0.870. The van der Waals surface area contributed by atoms with Crippen LogP contribution in [-0.4, -0.2) is 41.6 Å². The topological polar surface area (TPSA) is 63.4 Å². The first kappa shape index (κ1) is 14.8. The number of hydrogen-bond acceptors (Lipinski definition) is 2. The van der Waals surface area contributed by atoms with Crippen molar-refractivity contribution in [1.82, 2.24) is 4.90 Å². The van der Waals surface area contributed by atoms with Crippen LogP contribution in [0.2, 0.25) is 0 Å². The summed E-state index contributed by atoms with van der Waals surface area (Å²) in [5, 5.41) is 0. The van der Waals surface area contributed by atoms with Crippen LogP contribution < -0.4 is 5.73 Å². The van der Waals surface area contributed by atoms with Gasteiger partial charge in [0.25, 0.3) is 5.91 Å². The first-order valence-corrected chi connectivity index (χ1v) is 6.48. The number of hydrogen-bond donors (Lipinski definition) is 1. The Kier molecular flexibility index (Phi) is 5.95. The van der Waals surface area contributed by atoms with E-state index in [9.17, 15) is 9.59 Å². The second kappa shape index (κ2) is 7.24. The third-order valence-corrected chi connectivity index (χ3v) is 2.75. The van der Waals surface area contributed by atoms with Crippen molar-refractivity contribution in [2.75, 3.05) is 24.8 Å². The van der Waals surface area contributed by atoms with Crippen LogP contribution in [0, 0.1) is 0 Å². The number of alkyl halides is 2. The molecule has 18 heavy (non-hydrogen) atoms. The Bertz CT molecular complexity index is 415. The molecule has 0 heterocycles. The first-order chi connectivity index (χ1) is 8.60.